The van der Waals surface area contributed by atoms with E-state index in [1.165, 1.54) is 4.90 Å². The topological polar surface area (TPSA) is 40.5 Å². The van der Waals surface area contributed by atoms with Crippen LogP contribution in [-0.2, 0) is 0 Å². The van der Waals surface area contributed by atoms with Crippen LogP contribution < -0.4 is 4.90 Å². The Hall–Kier alpha value is -2.00. The molecular weight excluding hydrogens is 250 g/mol. The van der Waals surface area contributed by atoms with Crippen molar-refractivity contribution in [2.45, 2.75) is 6.92 Å². The second-order valence-corrected chi connectivity index (χ2v) is 4.32. The van der Waals surface area contributed by atoms with Gasteiger partial charge in [0.05, 0.1) is 11.4 Å². The Morgan fingerprint density at radius 1 is 1.11 bits per heavy atom. The molecule has 0 spiro atoms. The van der Waals surface area contributed by atoms with Gasteiger partial charge in [-0.25, -0.2) is 9.69 Å². The molecule has 92 valence electrons. The summed E-state index contributed by atoms with van der Waals surface area (Å²) in [6.45, 7) is 1.88. The molecule has 0 atom stereocenters. The Bertz CT molecular complexity index is 566. The third kappa shape index (κ3) is 2.46. The van der Waals surface area contributed by atoms with Gasteiger partial charge < -0.3 is 5.11 Å². The summed E-state index contributed by atoms with van der Waals surface area (Å²) in [6, 6.07) is 14.1. The first kappa shape index (κ1) is 12.5. The quantitative estimate of drug-likeness (QED) is 0.867. The number of hydrogen-bond donors (Lipinski definition) is 1. The molecule has 18 heavy (non-hydrogen) atoms. The zero-order valence-corrected chi connectivity index (χ0v) is 10.6. The lowest BCUT2D eigenvalue weighted by atomic mass is 10.1. The summed E-state index contributed by atoms with van der Waals surface area (Å²) in [5.74, 6) is 0. The molecule has 0 unspecified atom stereocenters. The van der Waals surface area contributed by atoms with Crippen molar-refractivity contribution in [3.05, 3.63) is 59.1 Å². The maximum atomic E-state index is 11.4. The minimum absolute atomic E-state index is 0.571. The number of carbonyl (C=O) groups is 1. The van der Waals surface area contributed by atoms with E-state index in [1.54, 1.807) is 30.3 Å². The third-order valence-corrected chi connectivity index (χ3v) is 2.88. The molecule has 2 aromatic rings. The van der Waals surface area contributed by atoms with Crippen LogP contribution in [-0.4, -0.2) is 11.2 Å². The zero-order valence-electron chi connectivity index (χ0n) is 9.80. The summed E-state index contributed by atoms with van der Waals surface area (Å²) in [7, 11) is 0. The molecule has 0 bridgehead atoms. The first-order valence-corrected chi connectivity index (χ1v) is 5.81. The van der Waals surface area contributed by atoms with E-state index in [1.807, 2.05) is 25.1 Å². The van der Waals surface area contributed by atoms with Crippen LogP contribution in [0.5, 0.6) is 0 Å². The van der Waals surface area contributed by atoms with Gasteiger partial charge in [0.15, 0.2) is 0 Å². The van der Waals surface area contributed by atoms with Gasteiger partial charge >= 0.3 is 6.09 Å². The Labute approximate surface area is 110 Å². The average Bonchev–Trinajstić information content (AvgIpc) is 2.34. The van der Waals surface area contributed by atoms with Crippen LogP contribution in [0.15, 0.2) is 48.5 Å². The van der Waals surface area contributed by atoms with Crippen molar-refractivity contribution >= 4 is 29.1 Å². The number of rotatable bonds is 2. The summed E-state index contributed by atoms with van der Waals surface area (Å²) in [5.41, 5.74) is 2.11. The molecule has 0 fully saturated rings. The third-order valence-electron chi connectivity index (χ3n) is 2.63. The van der Waals surface area contributed by atoms with Crippen LogP contribution in [0, 0.1) is 6.92 Å². The van der Waals surface area contributed by atoms with E-state index in [0.717, 1.165) is 5.56 Å². The smallest absolute Gasteiger partial charge is 0.416 e. The fourth-order valence-corrected chi connectivity index (χ4v) is 1.88. The number of hydrogen-bond acceptors (Lipinski definition) is 1. The molecule has 0 saturated carbocycles. The van der Waals surface area contributed by atoms with Gasteiger partial charge in [-0.1, -0.05) is 29.8 Å². The van der Waals surface area contributed by atoms with Gasteiger partial charge in [0.25, 0.3) is 0 Å². The van der Waals surface area contributed by atoms with Crippen molar-refractivity contribution in [1.82, 2.24) is 0 Å². The van der Waals surface area contributed by atoms with Gasteiger partial charge in [-0.05, 0) is 42.8 Å². The molecule has 0 heterocycles. The van der Waals surface area contributed by atoms with Crippen molar-refractivity contribution in [3.8, 4) is 0 Å². The number of benzene rings is 2. The van der Waals surface area contributed by atoms with E-state index in [9.17, 15) is 9.90 Å². The molecule has 0 aliphatic rings. The van der Waals surface area contributed by atoms with Crippen molar-refractivity contribution in [3.63, 3.8) is 0 Å². The molecule has 2 rings (SSSR count). The molecule has 1 N–H and O–H groups in total. The van der Waals surface area contributed by atoms with Crippen molar-refractivity contribution in [2.24, 2.45) is 0 Å². The largest absolute Gasteiger partial charge is 0.464 e. The minimum Gasteiger partial charge on any atom is -0.464 e. The molecular formula is C14H12ClNO2. The summed E-state index contributed by atoms with van der Waals surface area (Å²) in [4.78, 5) is 12.7. The van der Waals surface area contributed by atoms with Crippen molar-refractivity contribution in [1.29, 1.82) is 0 Å². The summed E-state index contributed by atoms with van der Waals surface area (Å²) in [6.07, 6.45) is -1.02. The fourth-order valence-electron chi connectivity index (χ4n) is 1.76. The maximum Gasteiger partial charge on any atom is 0.416 e. The van der Waals surface area contributed by atoms with Crippen molar-refractivity contribution < 1.29 is 9.90 Å². The normalized spacial score (nSPS) is 10.1. The average molecular weight is 262 g/mol. The van der Waals surface area contributed by atoms with E-state index in [4.69, 9.17) is 11.6 Å². The number of amides is 1. The number of para-hydroxylation sites is 1. The first-order chi connectivity index (χ1) is 8.59. The van der Waals surface area contributed by atoms with Gasteiger partial charge in [-0.2, -0.15) is 0 Å². The van der Waals surface area contributed by atoms with Gasteiger partial charge in [0, 0.05) is 5.02 Å². The molecule has 4 heteroatoms. The lowest BCUT2D eigenvalue weighted by Crippen LogP contribution is -2.24. The van der Waals surface area contributed by atoms with Crippen molar-refractivity contribution in [2.75, 3.05) is 4.90 Å². The predicted octanol–water partition coefficient (Wildman–Crippen LogP) is 4.46. The minimum atomic E-state index is -1.02. The SMILES string of the molecule is Cc1ccccc1N(C(=O)O)c1ccc(Cl)cc1. The standard InChI is InChI=1S/C14H12ClNO2/c1-10-4-2-3-5-13(10)16(14(17)18)12-8-6-11(15)7-9-12/h2-9H,1H3,(H,17,18). The van der Waals surface area contributed by atoms with E-state index in [2.05, 4.69) is 0 Å². The Balaban J connectivity index is 2.50. The number of anilines is 2. The monoisotopic (exact) mass is 261 g/mol. The Kier molecular flexibility index (Phi) is 3.53. The van der Waals surface area contributed by atoms with Gasteiger partial charge in [-0.15, -0.1) is 0 Å². The summed E-state index contributed by atoms with van der Waals surface area (Å²) < 4.78 is 0. The Morgan fingerprint density at radius 3 is 2.28 bits per heavy atom. The molecule has 1 amide bonds. The molecule has 0 aliphatic carbocycles. The summed E-state index contributed by atoms with van der Waals surface area (Å²) >= 11 is 5.81. The second kappa shape index (κ2) is 5.10. The molecule has 0 saturated heterocycles. The molecule has 0 aliphatic heterocycles. The van der Waals surface area contributed by atoms with Crippen LogP contribution >= 0.6 is 11.6 Å². The highest BCUT2D eigenvalue weighted by Gasteiger charge is 2.18. The van der Waals surface area contributed by atoms with E-state index in [-0.39, 0.29) is 0 Å². The van der Waals surface area contributed by atoms with Gasteiger partial charge in [0.2, 0.25) is 0 Å². The first-order valence-electron chi connectivity index (χ1n) is 5.44. The molecule has 0 aromatic heterocycles. The lowest BCUT2D eigenvalue weighted by molar-refractivity contribution is 0.204. The highest BCUT2D eigenvalue weighted by molar-refractivity contribution is 6.30. The number of halogens is 1. The van der Waals surface area contributed by atoms with E-state index >= 15 is 0 Å². The summed E-state index contributed by atoms with van der Waals surface area (Å²) in [5, 5.41) is 9.94. The molecule has 2 aromatic carbocycles. The Morgan fingerprint density at radius 2 is 1.72 bits per heavy atom. The van der Waals surface area contributed by atoms with Gasteiger partial charge in [-0.3, -0.25) is 0 Å². The highest BCUT2D eigenvalue weighted by atomic mass is 35.5. The predicted molar refractivity (Wildman–Crippen MR) is 72.8 cm³/mol. The molecule has 0 radical (unpaired) electrons. The number of carboxylic acid groups (broad SMARTS) is 1. The van der Waals surface area contributed by atoms with E-state index < -0.39 is 6.09 Å². The van der Waals surface area contributed by atoms with Crippen LogP contribution in [0.1, 0.15) is 5.56 Å². The number of aryl methyl sites for hydroxylation is 1. The number of nitrogens with zero attached hydrogens (tertiary/aromatic N) is 1. The maximum absolute atomic E-state index is 11.4. The van der Waals surface area contributed by atoms with Crippen LogP contribution in [0.25, 0.3) is 0 Å². The van der Waals surface area contributed by atoms with E-state index in [0.29, 0.717) is 16.4 Å². The zero-order chi connectivity index (χ0) is 13.1. The highest BCUT2D eigenvalue weighted by Crippen LogP contribution is 2.29. The lowest BCUT2D eigenvalue weighted by Gasteiger charge is -2.21. The molecule has 3 nitrogen and oxygen atoms in total. The van der Waals surface area contributed by atoms with Crippen LogP contribution in [0.2, 0.25) is 5.02 Å². The second-order valence-electron chi connectivity index (χ2n) is 3.88. The van der Waals surface area contributed by atoms with Crippen LogP contribution in [0.4, 0.5) is 16.2 Å². The van der Waals surface area contributed by atoms with Crippen LogP contribution in [0.3, 0.4) is 0 Å². The fraction of sp³-hybridized carbons (Fsp3) is 0.0714. The van der Waals surface area contributed by atoms with Gasteiger partial charge in [0.1, 0.15) is 0 Å².